The van der Waals surface area contributed by atoms with Crippen molar-refractivity contribution in [2.45, 2.75) is 12.8 Å². The lowest BCUT2D eigenvalue weighted by atomic mass is 10.1. The number of benzene rings is 1. The van der Waals surface area contributed by atoms with Crippen molar-refractivity contribution in [1.82, 2.24) is 9.97 Å². The van der Waals surface area contributed by atoms with Crippen LogP contribution in [0.3, 0.4) is 0 Å². The Labute approximate surface area is 114 Å². The normalized spacial score (nSPS) is 10.2. The molecule has 3 nitrogen and oxygen atoms in total. The maximum absolute atomic E-state index is 5.60. The second kappa shape index (κ2) is 6.54. The molecule has 0 aliphatic heterocycles. The van der Waals surface area contributed by atoms with Crippen molar-refractivity contribution in [3.63, 3.8) is 0 Å². The SMILES string of the molecule is Ic1cncnc1OCCCc1ccccc1. The van der Waals surface area contributed by atoms with Crippen LogP contribution in [0.2, 0.25) is 0 Å². The minimum atomic E-state index is 0.675. The highest BCUT2D eigenvalue weighted by Crippen LogP contribution is 2.15. The van der Waals surface area contributed by atoms with Gasteiger partial charge in [-0.1, -0.05) is 30.3 Å². The minimum absolute atomic E-state index is 0.675. The minimum Gasteiger partial charge on any atom is -0.477 e. The van der Waals surface area contributed by atoms with Gasteiger partial charge in [0.1, 0.15) is 6.33 Å². The van der Waals surface area contributed by atoms with E-state index < -0.39 is 0 Å². The molecule has 0 saturated carbocycles. The Morgan fingerprint density at radius 3 is 2.76 bits per heavy atom. The number of halogens is 1. The third-order valence-electron chi connectivity index (χ3n) is 2.33. The van der Waals surface area contributed by atoms with Gasteiger partial charge in [-0.3, -0.25) is 0 Å². The van der Waals surface area contributed by atoms with Crippen molar-refractivity contribution in [3.05, 3.63) is 52.0 Å². The van der Waals surface area contributed by atoms with Gasteiger partial charge < -0.3 is 4.74 Å². The molecule has 17 heavy (non-hydrogen) atoms. The first-order valence-electron chi connectivity index (χ1n) is 5.48. The molecule has 1 aromatic carbocycles. The molecule has 2 rings (SSSR count). The van der Waals surface area contributed by atoms with Gasteiger partial charge in [0, 0.05) is 6.20 Å². The van der Waals surface area contributed by atoms with Crippen molar-refractivity contribution in [2.24, 2.45) is 0 Å². The van der Waals surface area contributed by atoms with Gasteiger partial charge in [-0.25, -0.2) is 9.97 Å². The Kier molecular flexibility index (Phi) is 4.73. The summed E-state index contributed by atoms with van der Waals surface area (Å²) in [4.78, 5) is 8.00. The summed E-state index contributed by atoms with van der Waals surface area (Å²) in [6.45, 7) is 0.682. The Hall–Kier alpha value is -1.17. The van der Waals surface area contributed by atoms with Crippen LogP contribution in [-0.2, 0) is 6.42 Å². The third-order valence-corrected chi connectivity index (χ3v) is 3.07. The van der Waals surface area contributed by atoms with Crippen molar-refractivity contribution in [1.29, 1.82) is 0 Å². The summed E-state index contributed by atoms with van der Waals surface area (Å²) in [6.07, 6.45) is 5.28. The zero-order chi connectivity index (χ0) is 11.9. The number of aromatic nitrogens is 2. The molecule has 2 aromatic rings. The monoisotopic (exact) mass is 340 g/mol. The predicted molar refractivity (Wildman–Crippen MR) is 75.0 cm³/mol. The van der Waals surface area contributed by atoms with E-state index in [-0.39, 0.29) is 0 Å². The van der Waals surface area contributed by atoms with Gasteiger partial charge in [0.2, 0.25) is 5.88 Å². The van der Waals surface area contributed by atoms with Crippen LogP contribution in [0.4, 0.5) is 0 Å². The van der Waals surface area contributed by atoms with Gasteiger partial charge in [0.15, 0.2) is 0 Å². The first-order chi connectivity index (χ1) is 8.36. The Morgan fingerprint density at radius 2 is 2.00 bits per heavy atom. The van der Waals surface area contributed by atoms with Gasteiger partial charge in [-0.05, 0) is 41.0 Å². The van der Waals surface area contributed by atoms with E-state index in [1.165, 1.54) is 11.9 Å². The molecule has 88 valence electrons. The number of ether oxygens (including phenoxy) is 1. The van der Waals surface area contributed by atoms with Crippen LogP contribution in [0.5, 0.6) is 5.88 Å². The summed E-state index contributed by atoms with van der Waals surface area (Å²) in [5.41, 5.74) is 1.34. The zero-order valence-corrected chi connectivity index (χ0v) is 11.5. The zero-order valence-electron chi connectivity index (χ0n) is 9.34. The van der Waals surface area contributed by atoms with Gasteiger partial charge >= 0.3 is 0 Å². The molecule has 0 spiro atoms. The molecule has 0 aliphatic rings. The molecule has 0 fully saturated rings. The van der Waals surface area contributed by atoms with E-state index in [9.17, 15) is 0 Å². The lowest BCUT2D eigenvalue weighted by Crippen LogP contribution is -2.02. The number of aryl methyl sites for hydroxylation is 1. The molecule has 1 aromatic heterocycles. The standard InChI is InChI=1S/C13H13IN2O/c14-12-9-15-10-16-13(12)17-8-4-7-11-5-2-1-3-6-11/h1-3,5-6,9-10H,4,7-8H2. The second-order valence-electron chi connectivity index (χ2n) is 3.61. The molecule has 0 amide bonds. The van der Waals surface area contributed by atoms with Crippen molar-refractivity contribution >= 4 is 22.6 Å². The predicted octanol–water partition coefficient (Wildman–Crippen LogP) is 3.09. The fraction of sp³-hybridized carbons (Fsp3) is 0.231. The molecule has 0 bridgehead atoms. The molecule has 0 atom stereocenters. The van der Waals surface area contributed by atoms with Gasteiger partial charge in [-0.2, -0.15) is 0 Å². The molecule has 0 aliphatic carbocycles. The first kappa shape index (κ1) is 12.3. The molecule has 0 saturated heterocycles. The number of hydrogen-bond acceptors (Lipinski definition) is 3. The fourth-order valence-corrected chi connectivity index (χ4v) is 1.95. The summed E-state index contributed by atoms with van der Waals surface area (Å²) >= 11 is 2.17. The van der Waals surface area contributed by atoms with Crippen LogP contribution in [0.1, 0.15) is 12.0 Å². The Morgan fingerprint density at radius 1 is 1.18 bits per heavy atom. The molecular formula is C13H13IN2O. The summed E-state index contributed by atoms with van der Waals surface area (Å²) in [7, 11) is 0. The Bertz CT molecular complexity index is 462. The van der Waals surface area contributed by atoms with Crippen LogP contribution < -0.4 is 4.74 Å². The van der Waals surface area contributed by atoms with E-state index in [1.54, 1.807) is 6.20 Å². The smallest absolute Gasteiger partial charge is 0.230 e. The number of nitrogens with zero attached hydrogens (tertiary/aromatic N) is 2. The van der Waals surface area contributed by atoms with E-state index in [1.807, 2.05) is 6.07 Å². The van der Waals surface area contributed by atoms with Crippen LogP contribution in [-0.4, -0.2) is 16.6 Å². The third kappa shape index (κ3) is 3.96. The second-order valence-corrected chi connectivity index (χ2v) is 4.78. The number of hydrogen-bond donors (Lipinski definition) is 0. The molecular weight excluding hydrogens is 327 g/mol. The van der Waals surface area contributed by atoms with E-state index in [2.05, 4.69) is 56.8 Å². The quantitative estimate of drug-likeness (QED) is 0.620. The van der Waals surface area contributed by atoms with Gasteiger partial charge in [0.25, 0.3) is 0 Å². The van der Waals surface area contributed by atoms with Crippen LogP contribution in [0.25, 0.3) is 0 Å². The van der Waals surface area contributed by atoms with Crippen molar-refractivity contribution in [3.8, 4) is 5.88 Å². The molecule has 0 N–H and O–H groups in total. The first-order valence-corrected chi connectivity index (χ1v) is 6.56. The summed E-state index contributed by atoms with van der Waals surface area (Å²) in [6, 6.07) is 10.4. The van der Waals surface area contributed by atoms with Crippen LogP contribution in [0.15, 0.2) is 42.9 Å². The summed E-state index contributed by atoms with van der Waals surface area (Å²) < 4.78 is 6.55. The lowest BCUT2D eigenvalue weighted by Gasteiger charge is -2.06. The molecule has 0 unspecified atom stereocenters. The van der Waals surface area contributed by atoms with E-state index in [4.69, 9.17) is 4.74 Å². The van der Waals surface area contributed by atoms with Crippen LogP contribution in [0, 0.1) is 3.57 Å². The average molecular weight is 340 g/mol. The van der Waals surface area contributed by atoms with E-state index >= 15 is 0 Å². The average Bonchev–Trinajstić information content (AvgIpc) is 2.38. The van der Waals surface area contributed by atoms with E-state index in [0.29, 0.717) is 12.5 Å². The van der Waals surface area contributed by atoms with Crippen molar-refractivity contribution in [2.75, 3.05) is 6.61 Å². The van der Waals surface area contributed by atoms with E-state index in [0.717, 1.165) is 16.4 Å². The lowest BCUT2D eigenvalue weighted by molar-refractivity contribution is 0.296. The Balaban J connectivity index is 1.76. The fourth-order valence-electron chi connectivity index (χ4n) is 1.50. The maximum Gasteiger partial charge on any atom is 0.230 e. The number of rotatable bonds is 5. The largest absolute Gasteiger partial charge is 0.477 e. The highest BCUT2D eigenvalue weighted by Gasteiger charge is 2.01. The van der Waals surface area contributed by atoms with Gasteiger partial charge in [-0.15, -0.1) is 0 Å². The van der Waals surface area contributed by atoms with Crippen LogP contribution >= 0.6 is 22.6 Å². The molecule has 1 heterocycles. The topological polar surface area (TPSA) is 35.0 Å². The highest BCUT2D eigenvalue weighted by molar-refractivity contribution is 14.1. The summed E-state index contributed by atoms with van der Waals surface area (Å²) in [5, 5.41) is 0. The molecule has 4 heteroatoms. The highest BCUT2D eigenvalue weighted by atomic mass is 127. The molecule has 0 radical (unpaired) electrons. The van der Waals surface area contributed by atoms with Crippen molar-refractivity contribution < 1.29 is 4.74 Å². The van der Waals surface area contributed by atoms with Gasteiger partial charge in [0.05, 0.1) is 10.2 Å². The summed E-state index contributed by atoms with van der Waals surface area (Å²) in [5.74, 6) is 0.675. The maximum atomic E-state index is 5.60.